The molecular weight excluding hydrogens is 457 g/mol. The normalized spacial score (nSPS) is 28.4. The average Bonchev–Trinajstić information content (AvgIpc) is 3.42. The molecule has 1 saturated carbocycles. The van der Waals surface area contributed by atoms with Crippen molar-refractivity contribution >= 4 is 0 Å². The molecule has 2 heterocycles. The first-order valence-electron chi connectivity index (χ1n) is 11.3. The summed E-state index contributed by atoms with van der Waals surface area (Å²) in [7, 11) is 0. The lowest BCUT2D eigenvalue weighted by molar-refractivity contribution is -0.308. The van der Waals surface area contributed by atoms with Gasteiger partial charge in [-0.2, -0.15) is 13.2 Å². The van der Waals surface area contributed by atoms with Gasteiger partial charge < -0.3 is 29.9 Å². The maximum Gasteiger partial charge on any atom is 0.433 e. The number of benzene rings is 1. The highest BCUT2D eigenvalue weighted by atomic mass is 19.4. The van der Waals surface area contributed by atoms with Gasteiger partial charge >= 0.3 is 6.18 Å². The zero-order valence-corrected chi connectivity index (χ0v) is 18.7. The lowest BCUT2D eigenvalue weighted by Crippen LogP contribution is -2.64. The predicted molar refractivity (Wildman–Crippen MR) is 113 cm³/mol. The monoisotopic (exact) mass is 486 g/mol. The second kappa shape index (κ2) is 9.46. The summed E-state index contributed by atoms with van der Waals surface area (Å²) in [4.78, 5) is 0. The van der Waals surface area contributed by atoms with Crippen LogP contribution >= 0.6 is 0 Å². The number of aromatic nitrogens is 2. The second-order valence-electron chi connectivity index (χ2n) is 9.09. The van der Waals surface area contributed by atoms with Gasteiger partial charge in [-0.25, -0.2) is 0 Å². The molecule has 1 aromatic heterocycles. The number of nitrogens with zero attached hydrogens (tertiary/aromatic N) is 2. The Hall–Kier alpha value is -2.18. The van der Waals surface area contributed by atoms with Crippen molar-refractivity contribution in [3.8, 4) is 5.88 Å². The Balaban J connectivity index is 1.78. The van der Waals surface area contributed by atoms with Gasteiger partial charge in [0.05, 0.1) is 18.2 Å². The molecule has 4 unspecified atom stereocenters. The first-order chi connectivity index (χ1) is 16.0. The van der Waals surface area contributed by atoms with Gasteiger partial charge in [0, 0.05) is 6.42 Å². The molecule has 1 saturated heterocycles. The highest BCUT2D eigenvalue weighted by molar-refractivity contribution is 5.39. The molecular formula is C23H29F3N2O6. The molecule has 1 aliphatic carbocycles. The largest absolute Gasteiger partial charge is 0.438 e. The van der Waals surface area contributed by atoms with Crippen LogP contribution in [0, 0.1) is 6.92 Å². The molecule has 4 rings (SSSR count). The smallest absolute Gasteiger partial charge is 0.433 e. The highest BCUT2D eigenvalue weighted by Crippen LogP contribution is 2.43. The van der Waals surface area contributed by atoms with Crippen molar-refractivity contribution in [2.24, 2.45) is 0 Å². The molecule has 1 aliphatic heterocycles. The summed E-state index contributed by atoms with van der Waals surface area (Å²) in [6.07, 6.45) is -7.16. The van der Waals surface area contributed by atoms with Crippen LogP contribution in [0.15, 0.2) is 24.3 Å². The van der Waals surface area contributed by atoms with Gasteiger partial charge in [-0.05, 0) is 25.3 Å². The Morgan fingerprint density at radius 1 is 1.18 bits per heavy atom. The van der Waals surface area contributed by atoms with E-state index in [-0.39, 0.29) is 12.0 Å². The first-order valence-corrected chi connectivity index (χ1v) is 11.3. The maximum atomic E-state index is 14.3. The molecule has 0 spiro atoms. The third-order valence-electron chi connectivity index (χ3n) is 6.54. The van der Waals surface area contributed by atoms with E-state index < -0.39 is 61.1 Å². The van der Waals surface area contributed by atoms with E-state index in [9.17, 15) is 33.6 Å². The number of alkyl halides is 3. The summed E-state index contributed by atoms with van der Waals surface area (Å²) in [6.45, 7) is 0.558. The molecule has 0 radical (unpaired) electrons. The van der Waals surface area contributed by atoms with Crippen LogP contribution in [0.25, 0.3) is 0 Å². The van der Waals surface area contributed by atoms with Gasteiger partial charge in [0.15, 0.2) is 0 Å². The van der Waals surface area contributed by atoms with Gasteiger partial charge in [0.1, 0.15) is 30.6 Å². The first kappa shape index (κ1) is 24.9. The minimum Gasteiger partial charge on any atom is -0.438 e. The van der Waals surface area contributed by atoms with Crippen LogP contribution < -0.4 is 4.74 Å². The van der Waals surface area contributed by atoms with Crippen molar-refractivity contribution in [3.05, 3.63) is 46.6 Å². The van der Waals surface area contributed by atoms with Crippen molar-refractivity contribution < 1.29 is 43.1 Å². The van der Waals surface area contributed by atoms with E-state index in [1.165, 1.54) is 0 Å². The van der Waals surface area contributed by atoms with E-state index in [0.717, 1.165) is 23.1 Å². The van der Waals surface area contributed by atoms with Crippen molar-refractivity contribution in [1.82, 2.24) is 9.78 Å². The second-order valence-corrected chi connectivity index (χ2v) is 9.09. The minimum atomic E-state index is -4.75. The van der Waals surface area contributed by atoms with Crippen LogP contribution in [0.3, 0.4) is 0 Å². The zero-order valence-electron chi connectivity index (χ0n) is 18.7. The number of aryl methyl sites for hydroxylation is 1. The van der Waals surface area contributed by atoms with Gasteiger partial charge in [0.25, 0.3) is 5.79 Å². The van der Waals surface area contributed by atoms with E-state index in [1.807, 2.05) is 6.92 Å². The van der Waals surface area contributed by atoms with Crippen molar-refractivity contribution in [3.63, 3.8) is 0 Å². The summed E-state index contributed by atoms with van der Waals surface area (Å²) in [5, 5.41) is 44.9. The SMILES string of the molecule is Cc1ccc(Cc2c(OC3(O)COC(CO)C(O)C3O)nn(C3CCCC3)c2C(F)(F)F)cc1. The fraction of sp³-hybridized carbons (Fsp3) is 0.609. The third kappa shape index (κ3) is 4.80. The predicted octanol–water partition coefficient (Wildman–Crippen LogP) is 2.10. The number of hydrogen-bond acceptors (Lipinski definition) is 7. The van der Waals surface area contributed by atoms with Crippen LogP contribution in [0.5, 0.6) is 5.88 Å². The fourth-order valence-electron chi connectivity index (χ4n) is 4.61. The summed E-state index contributed by atoms with van der Waals surface area (Å²) in [6, 6.07) is 6.49. The van der Waals surface area contributed by atoms with E-state index in [0.29, 0.717) is 18.4 Å². The molecule has 4 N–H and O–H groups in total. The Morgan fingerprint density at radius 3 is 2.41 bits per heavy atom. The fourth-order valence-corrected chi connectivity index (χ4v) is 4.61. The molecule has 0 bridgehead atoms. The molecule has 11 heteroatoms. The Morgan fingerprint density at radius 2 is 1.82 bits per heavy atom. The summed E-state index contributed by atoms with van der Waals surface area (Å²) >= 11 is 0. The Kier molecular flexibility index (Phi) is 6.94. The standard InChI is InChI=1S/C23H29F3N2O6/c1-13-6-8-14(9-7-13)10-16-19(23(24,25)26)28(15-4-2-3-5-15)27-21(16)34-22(32)12-33-17(11-29)18(30)20(22)31/h6-9,15,17-18,20,29-32H,2-5,10-12H2,1H3. The van der Waals surface area contributed by atoms with Gasteiger partial charge in [-0.1, -0.05) is 42.7 Å². The number of rotatable bonds is 6. The van der Waals surface area contributed by atoms with Gasteiger partial charge in [-0.15, -0.1) is 5.10 Å². The zero-order chi connectivity index (χ0) is 24.7. The van der Waals surface area contributed by atoms with Crippen molar-refractivity contribution in [2.75, 3.05) is 13.2 Å². The highest BCUT2D eigenvalue weighted by Gasteiger charge is 2.52. The van der Waals surface area contributed by atoms with Crippen LogP contribution in [-0.4, -0.2) is 67.5 Å². The molecule has 2 aromatic rings. The molecule has 2 aliphatic rings. The molecule has 34 heavy (non-hydrogen) atoms. The minimum absolute atomic E-state index is 0.175. The van der Waals surface area contributed by atoms with E-state index >= 15 is 0 Å². The maximum absolute atomic E-state index is 14.3. The van der Waals surface area contributed by atoms with Crippen molar-refractivity contribution in [1.29, 1.82) is 0 Å². The topological polar surface area (TPSA) is 117 Å². The molecule has 4 atom stereocenters. The van der Waals surface area contributed by atoms with Crippen molar-refractivity contribution in [2.45, 2.75) is 75.3 Å². The Bertz CT molecular complexity index is 990. The average molecular weight is 486 g/mol. The molecule has 188 valence electrons. The van der Waals surface area contributed by atoms with Crippen LogP contribution in [0.2, 0.25) is 0 Å². The Labute approximate surface area is 194 Å². The summed E-state index contributed by atoms with van der Waals surface area (Å²) < 4.78 is 54.6. The van der Waals surface area contributed by atoms with Crippen LogP contribution in [-0.2, 0) is 17.3 Å². The number of aliphatic hydroxyl groups is 4. The number of aliphatic hydroxyl groups excluding tert-OH is 3. The van der Waals surface area contributed by atoms with E-state index in [4.69, 9.17) is 9.47 Å². The summed E-state index contributed by atoms with van der Waals surface area (Å²) in [5.41, 5.74) is 0.295. The van der Waals surface area contributed by atoms with Crippen LogP contribution in [0.4, 0.5) is 13.2 Å². The van der Waals surface area contributed by atoms with Crippen LogP contribution in [0.1, 0.15) is 54.1 Å². The summed E-state index contributed by atoms with van der Waals surface area (Å²) in [5.74, 6) is -3.05. The quantitative estimate of drug-likeness (QED) is 0.462. The number of halogens is 3. The number of hydrogen-bond donors (Lipinski definition) is 4. The lowest BCUT2D eigenvalue weighted by Gasteiger charge is -2.41. The molecule has 0 amide bonds. The molecule has 8 nitrogen and oxygen atoms in total. The van der Waals surface area contributed by atoms with Gasteiger partial charge in [0.2, 0.25) is 5.88 Å². The van der Waals surface area contributed by atoms with E-state index in [1.54, 1.807) is 24.3 Å². The molecule has 1 aromatic carbocycles. The number of ether oxygens (including phenoxy) is 2. The van der Waals surface area contributed by atoms with Gasteiger partial charge in [-0.3, -0.25) is 4.68 Å². The van der Waals surface area contributed by atoms with E-state index in [2.05, 4.69) is 5.10 Å². The lowest BCUT2D eigenvalue weighted by atomic mass is 9.97. The molecule has 2 fully saturated rings. The third-order valence-corrected chi connectivity index (χ3v) is 6.54.